The molecule has 0 N–H and O–H groups in total. The SMILES string of the molecule is CCCC[C@@H]1CC[C@@H](C)C1. The van der Waals surface area contributed by atoms with E-state index in [1.807, 2.05) is 0 Å². The zero-order chi connectivity index (χ0) is 7.40. The van der Waals surface area contributed by atoms with E-state index in [1.165, 1.54) is 38.5 Å². The molecule has 0 unspecified atom stereocenters. The molecule has 1 aliphatic rings. The topological polar surface area (TPSA) is 0 Å². The Morgan fingerprint density at radius 2 is 2.10 bits per heavy atom. The molecule has 10 heavy (non-hydrogen) atoms. The first-order chi connectivity index (χ1) is 4.83. The highest BCUT2D eigenvalue weighted by molar-refractivity contribution is 4.72. The Morgan fingerprint density at radius 3 is 2.60 bits per heavy atom. The van der Waals surface area contributed by atoms with Crippen molar-refractivity contribution in [3.8, 4) is 0 Å². The molecule has 0 saturated heterocycles. The second-order valence-electron chi connectivity index (χ2n) is 3.93. The van der Waals surface area contributed by atoms with Crippen LogP contribution in [0.1, 0.15) is 52.4 Å². The van der Waals surface area contributed by atoms with Gasteiger partial charge in [0.25, 0.3) is 0 Å². The average molecular weight is 140 g/mol. The highest BCUT2D eigenvalue weighted by atomic mass is 14.3. The van der Waals surface area contributed by atoms with Crippen LogP contribution in [-0.4, -0.2) is 0 Å². The van der Waals surface area contributed by atoms with E-state index in [9.17, 15) is 0 Å². The summed E-state index contributed by atoms with van der Waals surface area (Å²) in [5.74, 6) is 2.12. The minimum absolute atomic E-state index is 1.03. The van der Waals surface area contributed by atoms with Crippen molar-refractivity contribution in [1.82, 2.24) is 0 Å². The molecule has 1 aliphatic carbocycles. The van der Waals surface area contributed by atoms with Crippen LogP contribution in [-0.2, 0) is 0 Å². The lowest BCUT2D eigenvalue weighted by molar-refractivity contribution is 0.461. The van der Waals surface area contributed by atoms with Crippen LogP contribution < -0.4 is 0 Å². The monoisotopic (exact) mass is 140 g/mol. The van der Waals surface area contributed by atoms with Gasteiger partial charge in [0, 0.05) is 0 Å². The predicted molar refractivity (Wildman–Crippen MR) is 46.0 cm³/mol. The van der Waals surface area contributed by atoms with E-state index in [4.69, 9.17) is 0 Å². The van der Waals surface area contributed by atoms with Crippen LogP contribution in [0.25, 0.3) is 0 Å². The summed E-state index contributed by atoms with van der Waals surface area (Å²) < 4.78 is 0. The summed E-state index contributed by atoms with van der Waals surface area (Å²) in [5, 5.41) is 0. The maximum atomic E-state index is 2.39. The highest BCUT2D eigenvalue weighted by Crippen LogP contribution is 2.33. The van der Waals surface area contributed by atoms with E-state index in [0.717, 1.165) is 11.8 Å². The van der Waals surface area contributed by atoms with E-state index >= 15 is 0 Å². The molecule has 0 aliphatic heterocycles. The predicted octanol–water partition coefficient (Wildman–Crippen LogP) is 3.61. The van der Waals surface area contributed by atoms with Gasteiger partial charge in [-0.2, -0.15) is 0 Å². The van der Waals surface area contributed by atoms with Gasteiger partial charge in [-0.1, -0.05) is 46.0 Å². The number of hydrogen-bond donors (Lipinski definition) is 0. The summed E-state index contributed by atoms with van der Waals surface area (Å²) in [6.45, 7) is 4.68. The standard InChI is InChI=1S/C10H20/c1-3-4-5-10-7-6-9(2)8-10/h9-10H,3-8H2,1-2H3/t9-,10-/m1/s1. The van der Waals surface area contributed by atoms with Gasteiger partial charge in [0.15, 0.2) is 0 Å². The zero-order valence-electron chi connectivity index (χ0n) is 7.40. The number of hydrogen-bond acceptors (Lipinski definition) is 0. The second-order valence-corrected chi connectivity index (χ2v) is 3.93. The summed E-state index contributed by atoms with van der Waals surface area (Å²) in [6, 6.07) is 0. The van der Waals surface area contributed by atoms with Crippen LogP contribution in [0.15, 0.2) is 0 Å². The maximum absolute atomic E-state index is 2.39. The lowest BCUT2D eigenvalue weighted by Crippen LogP contribution is -1.93. The van der Waals surface area contributed by atoms with Gasteiger partial charge in [0.2, 0.25) is 0 Å². The summed E-state index contributed by atoms with van der Waals surface area (Å²) in [4.78, 5) is 0. The fourth-order valence-corrected chi connectivity index (χ4v) is 2.08. The van der Waals surface area contributed by atoms with Gasteiger partial charge in [0.05, 0.1) is 0 Å². The van der Waals surface area contributed by atoms with Crippen molar-refractivity contribution in [1.29, 1.82) is 0 Å². The van der Waals surface area contributed by atoms with E-state index in [-0.39, 0.29) is 0 Å². The van der Waals surface area contributed by atoms with Crippen LogP contribution in [0, 0.1) is 11.8 Å². The fourth-order valence-electron chi connectivity index (χ4n) is 2.08. The summed E-state index contributed by atoms with van der Waals surface area (Å²) in [6.07, 6.45) is 8.86. The lowest BCUT2D eigenvalue weighted by Gasteiger charge is -2.06. The van der Waals surface area contributed by atoms with Gasteiger partial charge in [-0.25, -0.2) is 0 Å². The quantitative estimate of drug-likeness (QED) is 0.561. The Kier molecular flexibility index (Phi) is 3.24. The molecule has 0 nitrogen and oxygen atoms in total. The molecule has 0 heteroatoms. The van der Waals surface area contributed by atoms with E-state index in [0.29, 0.717) is 0 Å². The third kappa shape index (κ3) is 2.32. The van der Waals surface area contributed by atoms with Crippen LogP contribution >= 0.6 is 0 Å². The van der Waals surface area contributed by atoms with Crippen LogP contribution in [0.5, 0.6) is 0 Å². The average Bonchev–Trinajstić information content (AvgIpc) is 2.31. The molecule has 1 rings (SSSR count). The fraction of sp³-hybridized carbons (Fsp3) is 1.00. The molecule has 0 heterocycles. The Balaban J connectivity index is 2.06. The van der Waals surface area contributed by atoms with Gasteiger partial charge >= 0.3 is 0 Å². The maximum Gasteiger partial charge on any atom is -0.0412 e. The summed E-state index contributed by atoms with van der Waals surface area (Å²) >= 11 is 0. The molecule has 0 aromatic rings. The molecule has 1 saturated carbocycles. The van der Waals surface area contributed by atoms with Crippen LogP contribution in [0.3, 0.4) is 0 Å². The molecule has 0 amide bonds. The minimum Gasteiger partial charge on any atom is -0.0654 e. The normalized spacial score (nSPS) is 33.0. The first kappa shape index (κ1) is 8.10. The third-order valence-corrected chi connectivity index (χ3v) is 2.77. The molecule has 0 bridgehead atoms. The van der Waals surface area contributed by atoms with Crippen molar-refractivity contribution >= 4 is 0 Å². The van der Waals surface area contributed by atoms with Crippen molar-refractivity contribution in [3.63, 3.8) is 0 Å². The van der Waals surface area contributed by atoms with Crippen molar-refractivity contribution in [2.24, 2.45) is 11.8 Å². The Labute approximate surface area is 65.0 Å². The molecule has 2 atom stereocenters. The zero-order valence-corrected chi connectivity index (χ0v) is 7.40. The molecule has 60 valence electrons. The summed E-state index contributed by atoms with van der Waals surface area (Å²) in [5.41, 5.74) is 0. The minimum atomic E-state index is 1.03. The Morgan fingerprint density at radius 1 is 1.30 bits per heavy atom. The van der Waals surface area contributed by atoms with Crippen LogP contribution in [0.4, 0.5) is 0 Å². The van der Waals surface area contributed by atoms with E-state index in [2.05, 4.69) is 13.8 Å². The first-order valence-electron chi connectivity index (χ1n) is 4.83. The van der Waals surface area contributed by atoms with Gasteiger partial charge in [-0.15, -0.1) is 0 Å². The molecule has 0 aromatic carbocycles. The lowest BCUT2D eigenvalue weighted by atomic mass is 10.00. The van der Waals surface area contributed by atoms with Gasteiger partial charge in [0.1, 0.15) is 0 Å². The van der Waals surface area contributed by atoms with Gasteiger partial charge in [-0.3, -0.25) is 0 Å². The Hall–Kier alpha value is 0. The third-order valence-electron chi connectivity index (χ3n) is 2.77. The number of unbranched alkanes of at least 4 members (excludes halogenated alkanes) is 1. The molecular weight excluding hydrogens is 120 g/mol. The summed E-state index contributed by atoms with van der Waals surface area (Å²) in [7, 11) is 0. The number of rotatable bonds is 3. The van der Waals surface area contributed by atoms with E-state index < -0.39 is 0 Å². The smallest absolute Gasteiger partial charge is 0.0412 e. The van der Waals surface area contributed by atoms with Gasteiger partial charge < -0.3 is 0 Å². The largest absolute Gasteiger partial charge is 0.0654 e. The van der Waals surface area contributed by atoms with E-state index in [1.54, 1.807) is 0 Å². The molecular formula is C10H20. The molecule has 0 radical (unpaired) electrons. The van der Waals surface area contributed by atoms with Crippen molar-refractivity contribution < 1.29 is 0 Å². The van der Waals surface area contributed by atoms with Crippen molar-refractivity contribution in [3.05, 3.63) is 0 Å². The van der Waals surface area contributed by atoms with Crippen molar-refractivity contribution in [2.45, 2.75) is 52.4 Å². The second kappa shape index (κ2) is 4.00. The molecule has 0 aromatic heterocycles. The first-order valence-corrected chi connectivity index (χ1v) is 4.83. The molecule has 1 fully saturated rings. The molecule has 0 spiro atoms. The van der Waals surface area contributed by atoms with Crippen LogP contribution in [0.2, 0.25) is 0 Å². The highest BCUT2D eigenvalue weighted by Gasteiger charge is 2.19. The Bertz CT molecular complexity index is 86.0. The van der Waals surface area contributed by atoms with Gasteiger partial charge in [-0.05, 0) is 18.3 Å². The van der Waals surface area contributed by atoms with Crippen molar-refractivity contribution in [2.75, 3.05) is 0 Å².